The van der Waals surface area contributed by atoms with Crippen LogP contribution in [-0.2, 0) is 23.1 Å². The molecule has 0 bridgehead atoms. The number of nitrogens with one attached hydrogen (secondary N) is 1. The third kappa shape index (κ3) is 4.31. The van der Waals surface area contributed by atoms with Crippen LogP contribution >= 0.6 is 0 Å². The zero-order valence-electron chi connectivity index (χ0n) is 13.6. The largest absolute Gasteiger partial charge is 0.496 e. The molecule has 124 valence electrons. The van der Waals surface area contributed by atoms with Gasteiger partial charge in [0.05, 0.1) is 12.0 Å². The van der Waals surface area contributed by atoms with Crippen molar-refractivity contribution in [2.45, 2.75) is 18.0 Å². The lowest BCUT2D eigenvalue weighted by Crippen LogP contribution is -2.22. The standard InChI is InChI=1S/C17H22N2O3S/c1-19(2)23(20,21)16-10-8-14(9-11-16)12-18-13-15-6-4-5-7-17(15)22-3/h4-11,18H,12-13H2,1-3H3. The summed E-state index contributed by atoms with van der Waals surface area (Å²) >= 11 is 0. The van der Waals surface area contributed by atoms with E-state index in [4.69, 9.17) is 4.74 Å². The van der Waals surface area contributed by atoms with Gasteiger partial charge in [0.25, 0.3) is 0 Å². The van der Waals surface area contributed by atoms with E-state index in [1.54, 1.807) is 19.2 Å². The van der Waals surface area contributed by atoms with E-state index in [2.05, 4.69) is 5.32 Å². The summed E-state index contributed by atoms with van der Waals surface area (Å²) in [6.45, 7) is 1.34. The molecule has 6 heteroatoms. The molecular weight excluding hydrogens is 312 g/mol. The highest BCUT2D eigenvalue weighted by atomic mass is 32.2. The van der Waals surface area contributed by atoms with Gasteiger partial charge in [-0.3, -0.25) is 0 Å². The number of rotatable bonds is 7. The first-order valence-corrected chi connectivity index (χ1v) is 8.73. The predicted octanol–water partition coefficient (Wildman–Crippen LogP) is 2.24. The SMILES string of the molecule is COc1ccccc1CNCc1ccc(S(=O)(=O)N(C)C)cc1. The zero-order chi connectivity index (χ0) is 16.9. The van der Waals surface area contributed by atoms with E-state index >= 15 is 0 Å². The molecule has 0 saturated heterocycles. The smallest absolute Gasteiger partial charge is 0.242 e. The quantitative estimate of drug-likeness (QED) is 0.844. The van der Waals surface area contributed by atoms with Gasteiger partial charge in [-0.2, -0.15) is 0 Å². The van der Waals surface area contributed by atoms with Crippen LogP contribution in [0.15, 0.2) is 53.4 Å². The molecule has 0 amide bonds. The number of sulfonamides is 1. The summed E-state index contributed by atoms with van der Waals surface area (Å²) in [6.07, 6.45) is 0. The second-order valence-corrected chi connectivity index (χ2v) is 7.50. The van der Waals surface area contributed by atoms with Crippen molar-refractivity contribution in [2.75, 3.05) is 21.2 Å². The summed E-state index contributed by atoms with van der Waals surface area (Å²) in [7, 11) is 1.34. The molecule has 5 nitrogen and oxygen atoms in total. The second-order valence-electron chi connectivity index (χ2n) is 5.35. The molecule has 0 radical (unpaired) electrons. The maximum atomic E-state index is 12.0. The Hall–Kier alpha value is -1.89. The fourth-order valence-corrected chi connectivity index (χ4v) is 3.08. The van der Waals surface area contributed by atoms with Crippen LogP contribution in [0.1, 0.15) is 11.1 Å². The molecule has 0 saturated carbocycles. The van der Waals surface area contributed by atoms with Crippen LogP contribution in [0.2, 0.25) is 0 Å². The molecule has 0 heterocycles. The van der Waals surface area contributed by atoms with E-state index in [0.717, 1.165) is 16.9 Å². The minimum Gasteiger partial charge on any atom is -0.496 e. The van der Waals surface area contributed by atoms with Gasteiger partial charge in [-0.15, -0.1) is 0 Å². The van der Waals surface area contributed by atoms with E-state index in [0.29, 0.717) is 18.0 Å². The number of benzene rings is 2. The maximum absolute atomic E-state index is 12.0. The van der Waals surface area contributed by atoms with Gasteiger partial charge in [-0.25, -0.2) is 12.7 Å². The third-order valence-corrected chi connectivity index (χ3v) is 5.37. The molecule has 0 aromatic heterocycles. The third-order valence-electron chi connectivity index (χ3n) is 3.54. The average Bonchev–Trinajstić information content (AvgIpc) is 2.55. The Morgan fingerprint density at radius 2 is 1.65 bits per heavy atom. The van der Waals surface area contributed by atoms with Crippen molar-refractivity contribution < 1.29 is 13.2 Å². The summed E-state index contributed by atoms with van der Waals surface area (Å²) in [6, 6.07) is 14.8. The Kier molecular flexibility index (Phi) is 5.76. The zero-order valence-corrected chi connectivity index (χ0v) is 14.4. The van der Waals surface area contributed by atoms with E-state index in [9.17, 15) is 8.42 Å². The van der Waals surface area contributed by atoms with E-state index in [-0.39, 0.29) is 0 Å². The van der Waals surface area contributed by atoms with Crippen molar-refractivity contribution in [3.63, 3.8) is 0 Å². The molecule has 0 aliphatic heterocycles. The first-order valence-electron chi connectivity index (χ1n) is 7.29. The van der Waals surface area contributed by atoms with Gasteiger partial charge in [-0.05, 0) is 23.8 Å². The molecule has 0 fully saturated rings. The van der Waals surface area contributed by atoms with Crippen molar-refractivity contribution in [2.24, 2.45) is 0 Å². The number of nitrogens with zero attached hydrogens (tertiary/aromatic N) is 1. The van der Waals surface area contributed by atoms with Crippen LogP contribution < -0.4 is 10.1 Å². The van der Waals surface area contributed by atoms with Gasteiger partial charge in [0.1, 0.15) is 5.75 Å². The Labute approximate surface area is 137 Å². The summed E-state index contributed by atoms with van der Waals surface area (Å²) < 4.78 is 30.5. The van der Waals surface area contributed by atoms with E-state index < -0.39 is 10.0 Å². The minimum atomic E-state index is -3.37. The summed E-state index contributed by atoms with van der Waals surface area (Å²) in [5.74, 6) is 0.854. The van der Waals surface area contributed by atoms with Gasteiger partial charge in [-0.1, -0.05) is 30.3 Å². The monoisotopic (exact) mass is 334 g/mol. The van der Waals surface area contributed by atoms with E-state index in [1.807, 2.05) is 36.4 Å². The fourth-order valence-electron chi connectivity index (χ4n) is 2.18. The van der Waals surface area contributed by atoms with Crippen LogP contribution in [0.3, 0.4) is 0 Å². The molecule has 2 rings (SSSR count). The Bertz CT molecular complexity index is 741. The first-order chi connectivity index (χ1) is 10.9. The van der Waals surface area contributed by atoms with Crippen molar-refractivity contribution in [1.82, 2.24) is 9.62 Å². The number of hydrogen-bond donors (Lipinski definition) is 1. The predicted molar refractivity (Wildman–Crippen MR) is 90.9 cm³/mol. The van der Waals surface area contributed by atoms with Crippen LogP contribution in [0.25, 0.3) is 0 Å². The molecular formula is C17H22N2O3S. The highest BCUT2D eigenvalue weighted by Gasteiger charge is 2.16. The second kappa shape index (κ2) is 7.59. The molecule has 0 aliphatic carbocycles. The van der Waals surface area contributed by atoms with Crippen molar-refractivity contribution >= 4 is 10.0 Å². The van der Waals surface area contributed by atoms with Crippen LogP contribution in [0.5, 0.6) is 5.75 Å². The lowest BCUT2D eigenvalue weighted by molar-refractivity contribution is 0.407. The van der Waals surface area contributed by atoms with Crippen LogP contribution in [-0.4, -0.2) is 33.9 Å². The Balaban J connectivity index is 1.97. The normalized spacial score (nSPS) is 11.7. The highest BCUT2D eigenvalue weighted by molar-refractivity contribution is 7.89. The molecule has 0 unspecified atom stereocenters. The molecule has 2 aromatic rings. The van der Waals surface area contributed by atoms with Crippen LogP contribution in [0, 0.1) is 0 Å². The highest BCUT2D eigenvalue weighted by Crippen LogP contribution is 2.17. The fraction of sp³-hybridized carbons (Fsp3) is 0.294. The van der Waals surface area contributed by atoms with Crippen molar-refractivity contribution in [1.29, 1.82) is 0 Å². The Morgan fingerprint density at radius 3 is 2.26 bits per heavy atom. The molecule has 0 aliphatic rings. The van der Waals surface area contributed by atoms with Crippen molar-refractivity contribution in [3.05, 3.63) is 59.7 Å². The van der Waals surface area contributed by atoms with Gasteiger partial charge in [0.2, 0.25) is 10.0 Å². The van der Waals surface area contributed by atoms with E-state index in [1.165, 1.54) is 18.4 Å². The lowest BCUT2D eigenvalue weighted by Gasteiger charge is -2.12. The number of methoxy groups -OCH3 is 1. The number of ether oxygens (including phenoxy) is 1. The number of para-hydroxylation sites is 1. The first kappa shape index (κ1) is 17.5. The topological polar surface area (TPSA) is 58.6 Å². The maximum Gasteiger partial charge on any atom is 0.242 e. The molecule has 0 atom stereocenters. The van der Waals surface area contributed by atoms with Crippen LogP contribution in [0.4, 0.5) is 0 Å². The summed E-state index contributed by atoms with van der Waals surface area (Å²) in [5.41, 5.74) is 2.11. The van der Waals surface area contributed by atoms with Gasteiger partial charge >= 0.3 is 0 Å². The average molecular weight is 334 g/mol. The van der Waals surface area contributed by atoms with Crippen molar-refractivity contribution in [3.8, 4) is 5.75 Å². The Morgan fingerprint density at radius 1 is 1.00 bits per heavy atom. The molecule has 0 spiro atoms. The lowest BCUT2D eigenvalue weighted by atomic mass is 10.2. The number of hydrogen-bond acceptors (Lipinski definition) is 4. The van der Waals surface area contributed by atoms with Gasteiger partial charge < -0.3 is 10.1 Å². The molecule has 1 N–H and O–H groups in total. The summed E-state index contributed by atoms with van der Waals surface area (Å²) in [4.78, 5) is 0.302. The summed E-state index contributed by atoms with van der Waals surface area (Å²) in [5, 5.41) is 3.33. The van der Waals surface area contributed by atoms with Gasteiger partial charge in [0.15, 0.2) is 0 Å². The van der Waals surface area contributed by atoms with Gasteiger partial charge in [0, 0.05) is 32.7 Å². The minimum absolute atomic E-state index is 0.302. The molecule has 2 aromatic carbocycles. The molecule has 23 heavy (non-hydrogen) atoms.